The summed E-state index contributed by atoms with van der Waals surface area (Å²) in [5, 5.41) is 0. The van der Waals surface area contributed by atoms with Gasteiger partial charge in [0.25, 0.3) is 0 Å². The highest BCUT2D eigenvalue weighted by Crippen LogP contribution is 2.53. The summed E-state index contributed by atoms with van der Waals surface area (Å²) in [6.07, 6.45) is 4.05. The van der Waals surface area contributed by atoms with Crippen LogP contribution in [0.4, 0.5) is 4.39 Å². The SMILES string of the molecule is C=N/C(=C\C(=C(/C)F)c1ccc(COc2cccc([C@@H](CP(C)(=O)OCC)C3CC3)c2)cc1[C@@H](OC)C(C)(C)C)OC. The Hall–Kier alpha value is -2.73. The van der Waals surface area contributed by atoms with Crippen molar-refractivity contribution in [3.8, 4) is 5.75 Å². The highest BCUT2D eigenvalue weighted by atomic mass is 31.2. The van der Waals surface area contributed by atoms with Crippen LogP contribution < -0.4 is 4.74 Å². The molecule has 0 amide bonds. The van der Waals surface area contributed by atoms with Crippen LogP contribution in [0.1, 0.15) is 81.7 Å². The predicted molar refractivity (Wildman–Crippen MR) is 170 cm³/mol. The summed E-state index contributed by atoms with van der Waals surface area (Å²) in [4.78, 5) is 3.86. The van der Waals surface area contributed by atoms with Crippen LogP contribution in [0, 0.1) is 11.3 Å². The molecule has 3 rings (SSSR count). The number of benzene rings is 2. The Bertz CT molecular complexity index is 1340. The highest BCUT2D eigenvalue weighted by Gasteiger charge is 2.36. The molecule has 2 aromatic rings. The molecule has 0 aliphatic heterocycles. The molecule has 0 N–H and O–H groups in total. The van der Waals surface area contributed by atoms with Crippen molar-refractivity contribution in [3.05, 3.63) is 82.5 Å². The van der Waals surface area contributed by atoms with Crippen LogP contribution in [-0.4, -0.2) is 40.4 Å². The maximum absolute atomic E-state index is 14.9. The fourth-order valence-corrected chi connectivity index (χ4v) is 7.35. The molecule has 0 heterocycles. The molecule has 1 fully saturated rings. The van der Waals surface area contributed by atoms with E-state index >= 15 is 0 Å². The Morgan fingerprint density at radius 1 is 1.19 bits per heavy atom. The smallest absolute Gasteiger partial charge is 0.213 e. The lowest BCUT2D eigenvalue weighted by atomic mass is 9.80. The topological polar surface area (TPSA) is 66.4 Å². The normalized spacial score (nSPS) is 17.6. The summed E-state index contributed by atoms with van der Waals surface area (Å²) in [5.74, 6) is 1.30. The third kappa shape index (κ3) is 9.13. The first kappa shape index (κ1) is 33.8. The Balaban J connectivity index is 1.94. The van der Waals surface area contributed by atoms with Gasteiger partial charge in [0.15, 0.2) is 0 Å². The molecule has 6 nitrogen and oxygen atoms in total. The van der Waals surface area contributed by atoms with Crippen LogP contribution in [-0.2, 0) is 25.2 Å². The number of nitrogens with zero attached hydrogens (tertiary/aromatic N) is 1. The summed E-state index contributed by atoms with van der Waals surface area (Å²) in [7, 11) is 0.463. The standard InChI is InChI=1S/C34H47FNO5P/c1-10-41-42(9,37)22-31(25-15-16-25)26-12-11-13-27(19-26)40-21-24-14-17-28(29(23(2)35)20-32(36-6)38-7)30(18-24)33(39-8)34(3,4)5/h11-14,17-20,25,31,33H,6,10,15-16,21-22H2,1-5,7-9H3/b29-23-,32-20+/t31-,33+,42?/m0/s1. The molecule has 0 aromatic heterocycles. The molecule has 1 unspecified atom stereocenters. The van der Waals surface area contributed by atoms with E-state index in [-0.39, 0.29) is 29.1 Å². The quantitative estimate of drug-likeness (QED) is 0.0883. The lowest BCUT2D eigenvalue weighted by molar-refractivity contribution is 0.0149. The summed E-state index contributed by atoms with van der Waals surface area (Å²) >= 11 is 0. The van der Waals surface area contributed by atoms with Crippen LogP contribution in [0.25, 0.3) is 5.57 Å². The lowest BCUT2D eigenvalue weighted by Crippen LogP contribution is -2.21. The first-order chi connectivity index (χ1) is 19.8. The van der Waals surface area contributed by atoms with Crippen molar-refractivity contribution in [3.63, 3.8) is 0 Å². The Kier molecular flexibility index (Phi) is 11.8. The summed E-state index contributed by atoms with van der Waals surface area (Å²) in [5.41, 5.74) is 3.66. The van der Waals surface area contributed by atoms with Gasteiger partial charge in [-0.2, -0.15) is 0 Å². The van der Waals surface area contributed by atoms with Crippen LogP contribution >= 0.6 is 7.37 Å². The van der Waals surface area contributed by atoms with Crippen molar-refractivity contribution >= 4 is 19.7 Å². The zero-order chi connectivity index (χ0) is 31.1. The van der Waals surface area contributed by atoms with Crippen LogP contribution in [0.3, 0.4) is 0 Å². The van der Waals surface area contributed by atoms with Gasteiger partial charge in [0.2, 0.25) is 13.3 Å². The van der Waals surface area contributed by atoms with Gasteiger partial charge in [0.05, 0.1) is 19.8 Å². The van der Waals surface area contributed by atoms with Crippen molar-refractivity contribution in [2.75, 3.05) is 33.7 Å². The maximum atomic E-state index is 14.9. The number of methoxy groups -OCH3 is 2. The second kappa shape index (κ2) is 14.6. The molecule has 0 saturated heterocycles. The maximum Gasteiger partial charge on any atom is 0.213 e. The third-order valence-electron chi connectivity index (χ3n) is 7.53. The first-order valence-electron chi connectivity index (χ1n) is 14.5. The number of ether oxygens (including phenoxy) is 3. The van der Waals surface area contributed by atoms with Gasteiger partial charge in [-0.25, -0.2) is 9.38 Å². The number of rotatable bonds is 15. The van der Waals surface area contributed by atoms with Gasteiger partial charge in [-0.05, 0) is 91.1 Å². The molecule has 1 aliphatic rings. The number of aliphatic imine (C=N–C) groups is 1. The predicted octanol–water partition coefficient (Wildman–Crippen LogP) is 9.33. The zero-order valence-corrected chi connectivity index (χ0v) is 27.3. The summed E-state index contributed by atoms with van der Waals surface area (Å²) in [6, 6.07) is 13.9. The van der Waals surface area contributed by atoms with Crippen LogP contribution in [0.15, 0.2) is 65.2 Å². The van der Waals surface area contributed by atoms with Gasteiger partial charge in [-0.15, -0.1) is 0 Å². The van der Waals surface area contributed by atoms with Gasteiger partial charge < -0.3 is 18.7 Å². The lowest BCUT2D eigenvalue weighted by Gasteiger charge is -2.32. The molecule has 1 aliphatic carbocycles. The van der Waals surface area contributed by atoms with E-state index in [9.17, 15) is 8.96 Å². The Morgan fingerprint density at radius 2 is 1.90 bits per heavy atom. The van der Waals surface area contributed by atoms with Crippen molar-refractivity contribution in [2.45, 2.75) is 66.1 Å². The van der Waals surface area contributed by atoms with Crippen molar-refractivity contribution in [1.29, 1.82) is 0 Å². The second-order valence-electron chi connectivity index (χ2n) is 12.1. The third-order valence-corrected chi connectivity index (χ3v) is 9.39. The molecule has 0 bridgehead atoms. The fraction of sp³-hybridized carbons (Fsp3) is 0.500. The van der Waals surface area contributed by atoms with E-state index in [1.807, 2.05) is 37.3 Å². The highest BCUT2D eigenvalue weighted by molar-refractivity contribution is 7.58. The van der Waals surface area contributed by atoms with E-state index in [2.05, 4.69) is 44.6 Å². The average molecular weight is 600 g/mol. The number of allylic oxidation sites excluding steroid dienone is 3. The fourth-order valence-electron chi connectivity index (χ4n) is 5.48. The van der Waals surface area contributed by atoms with E-state index < -0.39 is 7.37 Å². The summed E-state index contributed by atoms with van der Waals surface area (Å²) in [6.45, 7) is 15.6. The van der Waals surface area contributed by atoms with Gasteiger partial charge in [0.1, 0.15) is 18.2 Å². The minimum absolute atomic E-state index is 0.181. The zero-order valence-electron chi connectivity index (χ0n) is 26.4. The monoisotopic (exact) mass is 599 g/mol. The number of hydrogen-bond acceptors (Lipinski definition) is 6. The largest absolute Gasteiger partial charge is 0.489 e. The molecular formula is C34H47FNO5P. The van der Waals surface area contributed by atoms with Crippen molar-refractivity contribution in [2.24, 2.45) is 16.3 Å². The number of hydrogen-bond donors (Lipinski definition) is 0. The molecular weight excluding hydrogens is 552 g/mol. The van der Waals surface area contributed by atoms with E-state index in [1.165, 1.54) is 14.0 Å². The van der Waals surface area contributed by atoms with Crippen molar-refractivity contribution in [1.82, 2.24) is 0 Å². The number of halogens is 1. The molecule has 0 radical (unpaired) electrons. The van der Waals surface area contributed by atoms with Crippen LogP contribution in [0.5, 0.6) is 5.75 Å². The minimum Gasteiger partial charge on any atom is -0.489 e. The van der Waals surface area contributed by atoms with Crippen molar-refractivity contribution < 1.29 is 27.7 Å². The van der Waals surface area contributed by atoms with E-state index in [0.717, 1.165) is 35.3 Å². The first-order valence-corrected chi connectivity index (χ1v) is 16.8. The molecule has 1 saturated carbocycles. The Morgan fingerprint density at radius 3 is 2.45 bits per heavy atom. The van der Waals surface area contributed by atoms with Gasteiger partial charge >= 0.3 is 0 Å². The van der Waals surface area contributed by atoms with E-state index in [1.54, 1.807) is 19.9 Å². The van der Waals surface area contributed by atoms with E-state index in [0.29, 0.717) is 36.4 Å². The Labute approximate surface area is 251 Å². The molecule has 42 heavy (non-hydrogen) atoms. The minimum atomic E-state index is -2.68. The molecule has 3 atom stereocenters. The average Bonchev–Trinajstić information content (AvgIpc) is 3.77. The van der Waals surface area contributed by atoms with Gasteiger partial charge in [-0.1, -0.05) is 45.0 Å². The summed E-state index contributed by atoms with van der Waals surface area (Å²) < 4.78 is 51.0. The second-order valence-corrected chi connectivity index (χ2v) is 14.8. The van der Waals surface area contributed by atoms with Gasteiger partial charge in [0, 0.05) is 31.6 Å². The molecule has 230 valence electrons. The van der Waals surface area contributed by atoms with Gasteiger partial charge in [-0.3, -0.25) is 4.57 Å². The van der Waals surface area contributed by atoms with E-state index in [4.69, 9.17) is 18.7 Å². The molecule has 2 aromatic carbocycles. The van der Waals surface area contributed by atoms with Crippen LogP contribution in [0.2, 0.25) is 0 Å². The molecule has 8 heteroatoms. The molecule has 0 spiro atoms.